The summed E-state index contributed by atoms with van der Waals surface area (Å²) in [5, 5.41) is 0. The van der Waals surface area contributed by atoms with E-state index in [0.29, 0.717) is 0 Å². The molecule has 116 valence electrons. The van der Waals surface area contributed by atoms with E-state index in [1.807, 2.05) is 0 Å². The van der Waals surface area contributed by atoms with Gasteiger partial charge in [0.05, 0.1) is 0 Å². The first-order chi connectivity index (χ1) is 9.21. The number of hydrogen-bond donors (Lipinski definition) is 1. The maximum absolute atomic E-state index is 6.64. The number of unbranched alkanes of at least 4 members (excludes halogenated alkanes) is 1. The summed E-state index contributed by atoms with van der Waals surface area (Å²) in [4.78, 5) is 0. The average Bonchev–Trinajstić information content (AvgIpc) is 2.45. The van der Waals surface area contributed by atoms with Gasteiger partial charge in [-0.05, 0) is 24.8 Å². The van der Waals surface area contributed by atoms with E-state index < -0.39 is 0 Å². The highest BCUT2D eigenvalue weighted by Gasteiger charge is 2.36. The lowest BCUT2D eigenvalue weighted by Gasteiger charge is -2.40. The van der Waals surface area contributed by atoms with Gasteiger partial charge in [-0.15, -0.1) is 12.4 Å². The zero-order chi connectivity index (χ0) is 14.1. The quantitative estimate of drug-likeness (QED) is 0.643. The molecule has 0 spiro atoms. The molecule has 0 aliphatic rings. The third-order valence-corrected chi connectivity index (χ3v) is 4.32. The zero-order valence-electron chi connectivity index (χ0n) is 13.4. The summed E-state index contributed by atoms with van der Waals surface area (Å²) < 4.78 is 0. The number of rotatable bonds is 9. The Labute approximate surface area is 131 Å². The van der Waals surface area contributed by atoms with E-state index in [0.717, 1.165) is 6.42 Å². The third kappa shape index (κ3) is 4.79. The summed E-state index contributed by atoms with van der Waals surface area (Å²) >= 11 is 0. The molecule has 0 aromatic heterocycles. The maximum atomic E-state index is 6.64. The molecular formula is C18H32ClN. The van der Waals surface area contributed by atoms with Gasteiger partial charge in [0.25, 0.3) is 0 Å². The summed E-state index contributed by atoms with van der Waals surface area (Å²) in [5.41, 5.74) is 8.27. The second-order valence-electron chi connectivity index (χ2n) is 5.77. The van der Waals surface area contributed by atoms with Crippen molar-refractivity contribution >= 4 is 12.4 Å². The lowest BCUT2D eigenvalue weighted by atomic mass is 9.67. The van der Waals surface area contributed by atoms with E-state index in [1.54, 1.807) is 0 Å². The van der Waals surface area contributed by atoms with Crippen molar-refractivity contribution in [3.8, 4) is 0 Å². The molecular weight excluding hydrogens is 266 g/mol. The molecule has 0 aliphatic carbocycles. The van der Waals surface area contributed by atoms with Crippen molar-refractivity contribution in [2.24, 2.45) is 5.73 Å². The lowest BCUT2D eigenvalue weighted by molar-refractivity contribution is 0.274. The third-order valence-electron chi connectivity index (χ3n) is 4.32. The van der Waals surface area contributed by atoms with Crippen LogP contribution in [0, 0.1) is 0 Å². The Morgan fingerprint density at radius 3 is 1.95 bits per heavy atom. The minimum absolute atomic E-state index is 0. The van der Waals surface area contributed by atoms with E-state index in [2.05, 4.69) is 51.1 Å². The second-order valence-corrected chi connectivity index (χ2v) is 5.77. The fourth-order valence-electron chi connectivity index (χ4n) is 3.36. The van der Waals surface area contributed by atoms with Crippen molar-refractivity contribution in [2.45, 2.75) is 77.2 Å². The number of benzene rings is 1. The fourth-order valence-corrected chi connectivity index (χ4v) is 3.36. The molecule has 0 heterocycles. The van der Waals surface area contributed by atoms with Gasteiger partial charge in [0.1, 0.15) is 0 Å². The molecule has 0 amide bonds. The minimum Gasteiger partial charge on any atom is -0.327 e. The van der Waals surface area contributed by atoms with Crippen molar-refractivity contribution in [1.82, 2.24) is 0 Å². The van der Waals surface area contributed by atoms with Crippen LogP contribution in [0.3, 0.4) is 0 Å². The molecule has 0 saturated carbocycles. The molecule has 2 N–H and O–H groups in total. The molecule has 1 rings (SSSR count). The molecule has 1 atom stereocenters. The van der Waals surface area contributed by atoms with Gasteiger partial charge in [-0.3, -0.25) is 0 Å². The smallest absolute Gasteiger partial charge is 0.0136 e. The van der Waals surface area contributed by atoms with Crippen LogP contribution < -0.4 is 5.73 Å². The molecule has 1 unspecified atom stereocenters. The van der Waals surface area contributed by atoms with Crippen LogP contribution in [0.5, 0.6) is 0 Å². The Bertz CT molecular complexity index is 331. The molecule has 1 aromatic rings. The highest BCUT2D eigenvalue weighted by Crippen LogP contribution is 2.38. The minimum atomic E-state index is 0. The van der Waals surface area contributed by atoms with Gasteiger partial charge in [-0.25, -0.2) is 0 Å². The molecule has 1 nitrogen and oxygen atoms in total. The first-order valence-electron chi connectivity index (χ1n) is 8.02. The number of halogens is 1. The summed E-state index contributed by atoms with van der Waals surface area (Å²) in [6.07, 6.45) is 8.43. The van der Waals surface area contributed by atoms with Gasteiger partial charge in [0.2, 0.25) is 0 Å². The number of nitrogens with two attached hydrogens (primary N) is 1. The van der Waals surface area contributed by atoms with Gasteiger partial charge in [-0.1, -0.05) is 76.8 Å². The molecule has 0 fully saturated rings. The normalized spacial score (nSPS) is 12.8. The summed E-state index contributed by atoms with van der Waals surface area (Å²) in [7, 11) is 0. The first-order valence-corrected chi connectivity index (χ1v) is 8.02. The lowest BCUT2D eigenvalue weighted by Crippen LogP contribution is -2.45. The Kier molecular flexibility index (Phi) is 9.96. The summed E-state index contributed by atoms with van der Waals surface area (Å²) in [6.45, 7) is 6.80. The van der Waals surface area contributed by atoms with Crippen LogP contribution in [0.4, 0.5) is 0 Å². The van der Waals surface area contributed by atoms with Crippen molar-refractivity contribution in [1.29, 1.82) is 0 Å². The fraction of sp³-hybridized carbons (Fsp3) is 0.667. The van der Waals surface area contributed by atoms with Crippen LogP contribution in [-0.2, 0) is 5.41 Å². The Balaban J connectivity index is 0.00000361. The molecule has 2 heteroatoms. The van der Waals surface area contributed by atoms with E-state index in [4.69, 9.17) is 5.73 Å². The highest BCUT2D eigenvalue weighted by atomic mass is 35.5. The van der Waals surface area contributed by atoms with Crippen LogP contribution >= 0.6 is 12.4 Å². The monoisotopic (exact) mass is 297 g/mol. The Morgan fingerprint density at radius 2 is 1.50 bits per heavy atom. The topological polar surface area (TPSA) is 26.0 Å². The van der Waals surface area contributed by atoms with Crippen molar-refractivity contribution in [3.05, 3.63) is 35.9 Å². The first kappa shape index (κ1) is 19.5. The predicted molar refractivity (Wildman–Crippen MR) is 92.7 cm³/mol. The largest absolute Gasteiger partial charge is 0.327 e. The zero-order valence-corrected chi connectivity index (χ0v) is 14.2. The Hall–Kier alpha value is -0.530. The van der Waals surface area contributed by atoms with Gasteiger partial charge >= 0.3 is 0 Å². The van der Waals surface area contributed by atoms with Crippen molar-refractivity contribution < 1.29 is 0 Å². The van der Waals surface area contributed by atoms with Gasteiger partial charge in [0, 0.05) is 11.5 Å². The van der Waals surface area contributed by atoms with Crippen molar-refractivity contribution in [2.75, 3.05) is 0 Å². The molecule has 0 bridgehead atoms. The van der Waals surface area contributed by atoms with E-state index >= 15 is 0 Å². The molecule has 0 aliphatic heterocycles. The van der Waals surface area contributed by atoms with Crippen LogP contribution in [0.2, 0.25) is 0 Å². The summed E-state index contributed by atoms with van der Waals surface area (Å²) in [6, 6.07) is 11.2. The average molecular weight is 298 g/mol. The van der Waals surface area contributed by atoms with E-state index in [-0.39, 0.29) is 23.9 Å². The van der Waals surface area contributed by atoms with Crippen LogP contribution in [-0.4, -0.2) is 6.04 Å². The molecule has 0 radical (unpaired) electrons. The van der Waals surface area contributed by atoms with E-state index in [9.17, 15) is 0 Å². The highest BCUT2D eigenvalue weighted by molar-refractivity contribution is 5.85. The molecule has 1 aromatic carbocycles. The van der Waals surface area contributed by atoms with E-state index in [1.165, 1.54) is 44.1 Å². The van der Waals surface area contributed by atoms with Crippen LogP contribution in [0.25, 0.3) is 0 Å². The van der Waals surface area contributed by atoms with Crippen molar-refractivity contribution in [3.63, 3.8) is 0 Å². The summed E-state index contributed by atoms with van der Waals surface area (Å²) in [5.74, 6) is 0. The van der Waals surface area contributed by atoms with Crippen LogP contribution in [0.15, 0.2) is 30.3 Å². The van der Waals surface area contributed by atoms with Gasteiger partial charge in [-0.2, -0.15) is 0 Å². The number of hydrogen-bond acceptors (Lipinski definition) is 1. The second kappa shape index (κ2) is 10.2. The standard InChI is InChI=1S/C18H31N.ClH/c1-4-7-13-17(19)18(14-5-2,15-6-3)16-11-9-8-10-12-16;/h8-12,17H,4-7,13-15,19H2,1-3H3;1H. The molecule has 20 heavy (non-hydrogen) atoms. The predicted octanol–water partition coefficient (Wildman–Crippen LogP) is 5.46. The van der Waals surface area contributed by atoms with Gasteiger partial charge in [0.15, 0.2) is 0 Å². The molecule has 0 saturated heterocycles. The SMILES string of the molecule is CCCCC(N)C(CCC)(CCC)c1ccccc1.Cl. The maximum Gasteiger partial charge on any atom is 0.0136 e. The van der Waals surface area contributed by atoms with Gasteiger partial charge < -0.3 is 5.73 Å². The van der Waals surface area contributed by atoms with Crippen LogP contribution in [0.1, 0.15) is 71.3 Å². The Morgan fingerprint density at radius 1 is 0.950 bits per heavy atom.